The molecule has 7 nitrogen and oxygen atoms in total. The number of nitrogens with one attached hydrogen (secondary N) is 2. The fourth-order valence-electron chi connectivity index (χ4n) is 4.05. The molecule has 0 spiro atoms. The van der Waals surface area contributed by atoms with Crippen molar-refractivity contribution in [3.05, 3.63) is 47.1 Å². The maximum absolute atomic E-state index is 12.3. The Morgan fingerprint density at radius 2 is 1.86 bits per heavy atom. The highest BCUT2D eigenvalue weighted by atomic mass is 35.5. The summed E-state index contributed by atoms with van der Waals surface area (Å²) in [5.41, 5.74) is 1.15. The largest absolute Gasteiger partial charge is 0.344 e. The third-order valence-corrected chi connectivity index (χ3v) is 5.78. The van der Waals surface area contributed by atoms with Crippen LogP contribution in [0.5, 0.6) is 0 Å². The molecule has 2 fully saturated rings. The van der Waals surface area contributed by atoms with Crippen LogP contribution in [0.4, 0.5) is 10.6 Å². The molecule has 1 saturated heterocycles. The van der Waals surface area contributed by atoms with E-state index in [1.807, 2.05) is 36.2 Å². The van der Waals surface area contributed by atoms with Gasteiger partial charge in [0.25, 0.3) is 0 Å². The molecule has 2 unspecified atom stereocenters. The number of carbonyl (C=O) groups is 2. The molecule has 1 aromatic carbocycles. The van der Waals surface area contributed by atoms with Crippen LogP contribution < -0.4 is 10.6 Å². The van der Waals surface area contributed by atoms with Gasteiger partial charge in [0, 0.05) is 43.8 Å². The summed E-state index contributed by atoms with van der Waals surface area (Å²) in [6.45, 7) is 3.94. The van der Waals surface area contributed by atoms with Crippen LogP contribution in [0.1, 0.15) is 31.7 Å². The van der Waals surface area contributed by atoms with Gasteiger partial charge in [0.15, 0.2) is 5.82 Å². The van der Waals surface area contributed by atoms with Crippen LogP contribution in [0, 0.1) is 11.8 Å². The minimum Gasteiger partial charge on any atom is -0.322 e. The van der Waals surface area contributed by atoms with E-state index in [2.05, 4.69) is 15.7 Å². The van der Waals surface area contributed by atoms with Gasteiger partial charge in [0.2, 0.25) is 5.91 Å². The number of likely N-dealkylation sites (tertiary alicyclic amines) is 1. The lowest BCUT2D eigenvalue weighted by Crippen LogP contribution is -2.33. The minimum atomic E-state index is -0.187. The van der Waals surface area contributed by atoms with Crippen LogP contribution >= 0.6 is 11.6 Å². The standard InChI is InChI=1S/C13H18N4O2.C8H10ClN/c1-9(18)14-12-5-6-17(15-12)13(19)16-7-10-3-2-4-11(10)8-16;1-10-6-7-4-2-3-5-8(7)9/h5-6,10-11H,2-4,7-8H2,1H3,(H,14,15,18);2-5,10H,6H2,1H3. The molecular weight excluding hydrogens is 390 g/mol. The maximum atomic E-state index is 12.3. The SMILES string of the molecule is CC(=O)Nc1ccn(C(=O)N2CC3CCCC3C2)n1.CNCc1ccccc1Cl. The molecule has 0 radical (unpaired) electrons. The van der Waals surface area contributed by atoms with Crippen LogP contribution in [0.3, 0.4) is 0 Å². The second-order valence-electron chi connectivity index (χ2n) is 7.59. The maximum Gasteiger partial charge on any atom is 0.344 e. The second-order valence-corrected chi connectivity index (χ2v) is 7.99. The fraction of sp³-hybridized carbons (Fsp3) is 0.476. The first-order chi connectivity index (χ1) is 14.0. The van der Waals surface area contributed by atoms with E-state index in [-0.39, 0.29) is 11.9 Å². The van der Waals surface area contributed by atoms with Gasteiger partial charge in [-0.1, -0.05) is 36.2 Å². The van der Waals surface area contributed by atoms with E-state index in [4.69, 9.17) is 11.6 Å². The summed E-state index contributed by atoms with van der Waals surface area (Å²) in [6.07, 6.45) is 5.38. The lowest BCUT2D eigenvalue weighted by molar-refractivity contribution is -0.114. The number of anilines is 1. The third kappa shape index (κ3) is 5.58. The summed E-state index contributed by atoms with van der Waals surface area (Å²) >= 11 is 5.86. The van der Waals surface area contributed by atoms with E-state index in [1.54, 1.807) is 12.3 Å². The molecule has 2 aliphatic rings. The summed E-state index contributed by atoms with van der Waals surface area (Å²) in [5, 5.41) is 10.5. The van der Waals surface area contributed by atoms with Crippen molar-refractivity contribution in [3.8, 4) is 0 Å². The highest BCUT2D eigenvalue weighted by Gasteiger charge is 2.38. The van der Waals surface area contributed by atoms with Crippen molar-refractivity contribution in [2.24, 2.45) is 11.8 Å². The number of halogens is 1. The number of nitrogens with zero attached hydrogens (tertiary/aromatic N) is 3. The summed E-state index contributed by atoms with van der Waals surface area (Å²) < 4.78 is 1.31. The lowest BCUT2D eigenvalue weighted by atomic mass is 10.0. The molecule has 156 valence electrons. The second kappa shape index (κ2) is 9.89. The van der Waals surface area contributed by atoms with Crippen LogP contribution in [0.15, 0.2) is 36.5 Å². The van der Waals surface area contributed by atoms with Gasteiger partial charge in [-0.3, -0.25) is 4.79 Å². The Kier molecular flexibility index (Phi) is 7.28. The third-order valence-electron chi connectivity index (χ3n) is 5.41. The molecule has 2 aromatic rings. The van der Waals surface area contributed by atoms with Crippen molar-refractivity contribution in [3.63, 3.8) is 0 Å². The van der Waals surface area contributed by atoms with Crippen molar-refractivity contribution in [1.29, 1.82) is 0 Å². The van der Waals surface area contributed by atoms with Crippen molar-refractivity contribution in [2.75, 3.05) is 25.5 Å². The minimum absolute atomic E-state index is 0.0917. The highest BCUT2D eigenvalue weighted by molar-refractivity contribution is 6.31. The highest BCUT2D eigenvalue weighted by Crippen LogP contribution is 2.37. The summed E-state index contributed by atoms with van der Waals surface area (Å²) in [6, 6.07) is 9.37. The quantitative estimate of drug-likeness (QED) is 0.799. The Morgan fingerprint density at radius 1 is 1.17 bits per heavy atom. The van der Waals surface area contributed by atoms with Gasteiger partial charge in [-0.25, -0.2) is 4.79 Å². The number of benzene rings is 1. The first-order valence-electron chi connectivity index (χ1n) is 9.98. The van der Waals surface area contributed by atoms with Gasteiger partial charge in [0.1, 0.15) is 0 Å². The summed E-state index contributed by atoms with van der Waals surface area (Å²) in [5.74, 6) is 1.58. The number of carbonyl (C=O) groups excluding carboxylic acids is 2. The van der Waals surface area contributed by atoms with Gasteiger partial charge in [-0.05, 0) is 43.4 Å². The molecule has 2 atom stereocenters. The number of hydrogen-bond acceptors (Lipinski definition) is 4. The summed E-state index contributed by atoms with van der Waals surface area (Å²) in [4.78, 5) is 25.1. The van der Waals surface area contributed by atoms with E-state index < -0.39 is 0 Å². The summed E-state index contributed by atoms with van der Waals surface area (Å²) in [7, 11) is 1.91. The van der Waals surface area contributed by atoms with Gasteiger partial charge in [0.05, 0.1) is 0 Å². The van der Waals surface area contributed by atoms with Crippen molar-refractivity contribution >= 4 is 29.4 Å². The molecule has 1 aliphatic heterocycles. The lowest BCUT2D eigenvalue weighted by Gasteiger charge is -2.16. The molecule has 4 rings (SSSR count). The topological polar surface area (TPSA) is 79.3 Å². The van der Waals surface area contributed by atoms with Gasteiger partial charge in [-0.15, -0.1) is 5.10 Å². The number of amides is 2. The number of hydrogen-bond donors (Lipinski definition) is 2. The Bertz CT molecular complexity index is 841. The number of aromatic nitrogens is 2. The van der Waals surface area contributed by atoms with Crippen LogP contribution in [0.25, 0.3) is 0 Å². The zero-order chi connectivity index (χ0) is 20.8. The Hall–Kier alpha value is -2.38. The Labute approximate surface area is 176 Å². The zero-order valence-electron chi connectivity index (χ0n) is 16.9. The monoisotopic (exact) mass is 417 g/mol. The smallest absolute Gasteiger partial charge is 0.322 e. The van der Waals surface area contributed by atoms with Crippen molar-refractivity contribution in [2.45, 2.75) is 32.7 Å². The molecule has 29 heavy (non-hydrogen) atoms. The van der Waals surface area contributed by atoms with Crippen LogP contribution in [0.2, 0.25) is 5.02 Å². The molecule has 2 N–H and O–H groups in total. The molecule has 0 bridgehead atoms. The molecule has 2 heterocycles. The fourth-order valence-corrected chi connectivity index (χ4v) is 4.25. The van der Waals surface area contributed by atoms with E-state index in [9.17, 15) is 9.59 Å². The predicted octanol–water partition coefficient (Wildman–Crippen LogP) is 3.60. The van der Waals surface area contributed by atoms with Gasteiger partial charge >= 0.3 is 6.03 Å². The van der Waals surface area contributed by atoms with E-state index in [1.165, 1.54) is 30.9 Å². The van der Waals surface area contributed by atoms with Crippen molar-refractivity contribution < 1.29 is 9.59 Å². The Balaban J connectivity index is 0.000000204. The molecule has 1 aromatic heterocycles. The van der Waals surface area contributed by atoms with Gasteiger partial charge < -0.3 is 15.5 Å². The number of fused-ring (bicyclic) bond motifs is 1. The van der Waals surface area contributed by atoms with E-state index in [0.717, 1.165) is 30.2 Å². The first-order valence-corrected chi connectivity index (χ1v) is 10.4. The Morgan fingerprint density at radius 3 is 2.48 bits per heavy atom. The molecule has 1 aliphatic carbocycles. The normalized spacial score (nSPS) is 20.0. The number of rotatable bonds is 3. The average Bonchev–Trinajstić information content (AvgIpc) is 3.39. The molecular formula is C21H28ClN5O2. The van der Waals surface area contributed by atoms with Crippen molar-refractivity contribution in [1.82, 2.24) is 20.0 Å². The zero-order valence-corrected chi connectivity index (χ0v) is 17.7. The molecule has 2 amide bonds. The predicted molar refractivity (Wildman–Crippen MR) is 114 cm³/mol. The van der Waals surface area contributed by atoms with E-state index >= 15 is 0 Å². The molecule has 1 saturated carbocycles. The van der Waals surface area contributed by atoms with Crippen LogP contribution in [-0.4, -0.2) is 46.8 Å². The van der Waals surface area contributed by atoms with Crippen LogP contribution in [-0.2, 0) is 11.3 Å². The van der Waals surface area contributed by atoms with E-state index in [0.29, 0.717) is 17.7 Å². The molecule has 8 heteroatoms. The first kappa shape index (κ1) is 21.3. The van der Waals surface area contributed by atoms with Gasteiger partial charge in [-0.2, -0.15) is 4.68 Å². The average molecular weight is 418 g/mol.